The van der Waals surface area contributed by atoms with Crippen molar-refractivity contribution < 1.29 is 13.2 Å². The topological polar surface area (TPSA) is 28.7 Å². The van der Waals surface area contributed by atoms with Crippen molar-refractivity contribution in [2.45, 2.75) is 11.3 Å². The third-order valence-electron chi connectivity index (χ3n) is 1.10. The normalized spacial score (nSPS) is 12.5. The van der Waals surface area contributed by atoms with Crippen molar-refractivity contribution in [1.29, 1.82) is 0 Å². The molecule has 0 fully saturated rings. The summed E-state index contributed by atoms with van der Waals surface area (Å²) in [6.45, 7) is 0. The molecular weight excluding hydrogens is 201 g/mol. The lowest BCUT2D eigenvalue weighted by atomic mass is 10.5. The maximum Gasteiger partial charge on any atom is 0.409 e. The quantitative estimate of drug-likeness (QED) is 0.611. The van der Waals surface area contributed by atoms with Gasteiger partial charge in [0.2, 0.25) is 0 Å². The molecule has 0 aliphatic carbocycles. The number of aromatic amines is 1. The summed E-state index contributed by atoms with van der Waals surface area (Å²) >= 11 is 1.21. The number of hydrogen-bond acceptors (Lipinski definition) is 2. The van der Waals surface area contributed by atoms with E-state index in [1.165, 1.54) is 11.8 Å². The Morgan fingerprint density at radius 2 is 2.31 bits per heavy atom. The summed E-state index contributed by atoms with van der Waals surface area (Å²) in [5.74, 6) is 0.257. The Balaban J connectivity index is 2.25. The van der Waals surface area contributed by atoms with E-state index >= 15 is 0 Å². The molecule has 1 rings (SSSR count). The molecule has 2 nitrogen and oxygen atoms in total. The smallest absolute Gasteiger partial charge is 0.340 e. The Morgan fingerprint density at radius 3 is 2.85 bits per heavy atom. The first-order valence-electron chi connectivity index (χ1n) is 3.44. The van der Waals surface area contributed by atoms with Crippen LogP contribution >= 0.6 is 11.8 Å². The van der Waals surface area contributed by atoms with Gasteiger partial charge in [0, 0.05) is 24.2 Å². The number of rotatable bonds is 3. The summed E-state index contributed by atoms with van der Waals surface area (Å²) in [6, 6.07) is 0. The number of aromatic nitrogens is 2. The SMILES string of the molecule is FC(F)(F)C=CCSc1ncc[nH]1. The summed E-state index contributed by atoms with van der Waals surface area (Å²) in [7, 11) is 0. The van der Waals surface area contributed by atoms with Gasteiger partial charge < -0.3 is 4.98 Å². The van der Waals surface area contributed by atoms with E-state index in [0.717, 1.165) is 6.08 Å². The van der Waals surface area contributed by atoms with Gasteiger partial charge in [0.15, 0.2) is 5.16 Å². The average Bonchev–Trinajstić information content (AvgIpc) is 2.48. The van der Waals surface area contributed by atoms with E-state index in [4.69, 9.17) is 0 Å². The number of hydrogen-bond donors (Lipinski definition) is 1. The first kappa shape index (κ1) is 10.2. The summed E-state index contributed by atoms with van der Waals surface area (Å²) in [4.78, 5) is 6.61. The lowest BCUT2D eigenvalue weighted by Gasteiger charge is -1.96. The third kappa shape index (κ3) is 4.62. The molecule has 1 N–H and O–H groups in total. The van der Waals surface area contributed by atoms with Crippen LogP contribution in [0.15, 0.2) is 29.7 Å². The zero-order valence-electron chi connectivity index (χ0n) is 6.51. The van der Waals surface area contributed by atoms with E-state index in [1.54, 1.807) is 12.4 Å². The van der Waals surface area contributed by atoms with Crippen LogP contribution in [0.4, 0.5) is 13.2 Å². The largest absolute Gasteiger partial charge is 0.409 e. The van der Waals surface area contributed by atoms with Crippen LogP contribution in [-0.4, -0.2) is 21.9 Å². The second kappa shape index (κ2) is 4.36. The van der Waals surface area contributed by atoms with Gasteiger partial charge >= 0.3 is 6.18 Å². The first-order valence-corrected chi connectivity index (χ1v) is 4.43. The zero-order valence-corrected chi connectivity index (χ0v) is 7.32. The van der Waals surface area contributed by atoms with Gasteiger partial charge in [0.25, 0.3) is 0 Å². The van der Waals surface area contributed by atoms with Crippen molar-refractivity contribution in [2.24, 2.45) is 0 Å². The predicted octanol–water partition coefficient (Wildman–Crippen LogP) is 2.62. The average molecular weight is 208 g/mol. The number of thioether (sulfide) groups is 1. The van der Waals surface area contributed by atoms with E-state index in [1.807, 2.05) is 0 Å². The van der Waals surface area contributed by atoms with Crippen molar-refractivity contribution in [3.63, 3.8) is 0 Å². The molecule has 0 bridgehead atoms. The van der Waals surface area contributed by atoms with Gasteiger partial charge in [-0.15, -0.1) is 0 Å². The molecule has 0 aromatic carbocycles. The zero-order chi connectivity index (χ0) is 9.73. The number of allylic oxidation sites excluding steroid dienone is 1. The minimum Gasteiger partial charge on any atom is -0.340 e. The highest BCUT2D eigenvalue weighted by molar-refractivity contribution is 7.99. The summed E-state index contributed by atoms with van der Waals surface area (Å²) in [5.41, 5.74) is 0. The fraction of sp³-hybridized carbons (Fsp3) is 0.286. The summed E-state index contributed by atoms with van der Waals surface area (Å²) in [5, 5.41) is 0.617. The van der Waals surface area contributed by atoms with Crippen LogP contribution in [0.3, 0.4) is 0 Å². The van der Waals surface area contributed by atoms with E-state index < -0.39 is 6.18 Å². The number of H-pyrrole nitrogens is 1. The molecule has 0 radical (unpaired) electrons. The lowest BCUT2D eigenvalue weighted by Crippen LogP contribution is -2.00. The number of halogens is 3. The van der Waals surface area contributed by atoms with Crippen LogP contribution < -0.4 is 0 Å². The van der Waals surface area contributed by atoms with Crippen molar-refractivity contribution in [3.05, 3.63) is 24.5 Å². The molecule has 6 heteroatoms. The van der Waals surface area contributed by atoms with Gasteiger partial charge in [-0.2, -0.15) is 13.2 Å². The van der Waals surface area contributed by atoms with Crippen LogP contribution in [-0.2, 0) is 0 Å². The fourth-order valence-electron chi connectivity index (χ4n) is 0.639. The van der Waals surface area contributed by atoms with E-state index in [9.17, 15) is 13.2 Å². The molecule has 0 saturated heterocycles. The summed E-state index contributed by atoms with van der Waals surface area (Å²) in [6.07, 6.45) is 0.242. The monoisotopic (exact) mass is 208 g/mol. The maximum atomic E-state index is 11.6. The van der Waals surface area contributed by atoms with Gasteiger partial charge in [0.05, 0.1) is 0 Å². The molecule has 1 heterocycles. The Bertz CT molecular complexity index is 266. The summed E-state index contributed by atoms with van der Waals surface area (Å²) < 4.78 is 34.8. The molecule has 0 aliphatic heterocycles. The van der Waals surface area contributed by atoms with Gasteiger partial charge in [-0.25, -0.2) is 4.98 Å². The number of imidazole rings is 1. The Labute approximate surface area is 77.3 Å². The second-order valence-corrected chi connectivity index (χ2v) is 3.16. The van der Waals surface area contributed by atoms with Crippen molar-refractivity contribution in [2.75, 3.05) is 5.75 Å². The molecule has 0 atom stereocenters. The predicted molar refractivity (Wildman–Crippen MR) is 44.5 cm³/mol. The number of nitrogens with one attached hydrogen (secondary N) is 1. The Hall–Kier alpha value is -0.910. The van der Waals surface area contributed by atoms with Crippen LogP contribution in [0.1, 0.15) is 0 Å². The Morgan fingerprint density at radius 1 is 1.54 bits per heavy atom. The van der Waals surface area contributed by atoms with Gasteiger partial charge in [0.1, 0.15) is 0 Å². The number of nitrogens with zero attached hydrogens (tertiary/aromatic N) is 1. The van der Waals surface area contributed by atoms with Gasteiger partial charge in [-0.3, -0.25) is 0 Å². The highest BCUT2D eigenvalue weighted by Gasteiger charge is 2.21. The molecule has 1 aromatic heterocycles. The molecular formula is C7H7F3N2S. The second-order valence-electron chi connectivity index (χ2n) is 2.15. The standard InChI is InChI=1S/C7H7F3N2S/c8-7(9,10)2-1-5-13-6-11-3-4-12-6/h1-4H,5H2,(H,11,12). The van der Waals surface area contributed by atoms with Crippen LogP contribution in [0.2, 0.25) is 0 Å². The van der Waals surface area contributed by atoms with E-state index in [-0.39, 0.29) is 11.8 Å². The van der Waals surface area contributed by atoms with Crippen molar-refractivity contribution in [1.82, 2.24) is 9.97 Å². The highest BCUT2D eigenvalue weighted by atomic mass is 32.2. The van der Waals surface area contributed by atoms with E-state index in [2.05, 4.69) is 9.97 Å². The minimum absolute atomic E-state index is 0.225. The lowest BCUT2D eigenvalue weighted by molar-refractivity contribution is -0.0799. The van der Waals surface area contributed by atoms with Crippen LogP contribution in [0.25, 0.3) is 0 Å². The molecule has 1 aromatic rings. The number of alkyl halides is 3. The van der Waals surface area contributed by atoms with Crippen LogP contribution in [0, 0.1) is 0 Å². The molecule has 0 saturated carbocycles. The van der Waals surface area contributed by atoms with Crippen LogP contribution in [0.5, 0.6) is 0 Å². The van der Waals surface area contributed by atoms with E-state index in [0.29, 0.717) is 5.16 Å². The molecule has 0 spiro atoms. The van der Waals surface area contributed by atoms with Gasteiger partial charge in [-0.1, -0.05) is 17.8 Å². The Kier molecular flexibility index (Phi) is 3.41. The molecule has 13 heavy (non-hydrogen) atoms. The highest BCUT2D eigenvalue weighted by Crippen LogP contribution is 2.17. The van der Waals surface area contributed by atoms with Gasteiger partial charge in [-0.05, 0) is 0 Å². The minimum atomic E-state index is -4.22. The molecule has 0 aliphatic rings. The molecule has 72 valence electrons. The molecule has 0 amide bonds. The maximum absolute atomic E-state index is 11.6. The van der Waals surface area contributed by atoms with Crippen molar-refractivity contribution in [3.8, 4) is 0 Å². The third-order valence-corrected chi connectivity index (χ3v) is 1.95. The first-order chi connectivity index (χ1) is 6.08. The molecule has 0 unspecified atom stereocenters. The fourth-order valence-corrected chi connectivity index (χ4v) is 1.28. The van der Waals surface area contributed by atoms with Crippen molar-refractivity contribution >= 4 is 11.8 Å².